The topological polar surface area (TPSA) is 55.4 Å². The van der Waals surface area contributed by atoms with Gasteiger partial charge in [-0.3, -0.25) is 9.59 Å². The highest BCUT2D eigenvalue weighted by atomic mass is 16.5. The van der Waals surface area contributed by atoms with Gasteiger partial charge in [0, 0.05) is 29.3 Å². The molecule has 0 heterocycles. The van der Waals surface area contributed by atoms with E-state index in [1.165, 1.54) is 0 Å². The van der Waals surface area contributed by atoms with Gasteiger partial charge >= 0.3 is 5.97 Å². The maximum atomic E-state index is 12.1. The Morgan fingerprint density at radius 3 is 2.17 bits per heavy atom. The molecule has 0 unspecified atom stereocenters. The summed E-state index contributed by atoms with van der Waals surface area (Å²) in [5.74, 6) is 0.815. The highest BCUT2D eigenvalue weighted by Crippen LogP contribution is 2.32. The minimum atomic E-state index is -0.244. The molecule has 4 heteroatoms. The zero-order chi connectivity index (χ0) is 17.7. The van der Waals surface area contributed by atoms with Crippen molar-refractivity contribution in [3.8, 4) is 5.75 Å². The molecule has 0 saturated carbocycles. The normalized spacial score (nSPS) is 11.1. The first-order chi connectivity index (χ1) is 11.4. The Balaban J connectivity index is 2.29. The Bertz CT molecular complexity index is 672. The van der Waals surface area contributed by atoms with Crippen LogP contribution in [0.4, 0.5) is 5.69 Å². The van der Waals surface area contributed by atoms with E-state index in [0.717, 1.165) is 16.5 Å². The lowest BCUT2D eigenvalue weighted by Gasteiger charge is -2.13. The van der Waals surface area contributed by atoms with Gasteiger partial charge in [-0.15, -0.1) is 0 Å². The summed E-state index contributed by atoms with van der Waals surface area (Å²) in [6.45, 7) is 7.98. The Labute approximate surface area is 143 Å². The fourth-order valence-corrected chi connectivity index (χ4v) is 2.54. The van der Waals surface area contributed by atoms with Crippen LogP contribution in [-0.2, 0) is 9.59 Å². The van der Waals surface area contributed by atoms with E-state index in [1.54, 1.807) is 12.1 Å². The molecule has 24 heavy (non-hydrogen) atoms. The molecule has 0 aliphatic carbocycles. The highest BCUT2D eigenvalue weighted by Gasteiger charge is 2.13. The van der Waals surface area contributed by atoms with Gasteiger partial charge in [0.2, 0.25) is 5.91 Å². The van der Waals surface area contributed by atoms with Crippen molar-refractivity contribution in [2.24, 2.45) is 11.8 Å². The number of nitrogens with one attached hydrogen (secondary N) is 1. The van der Waals surface area contributed by atoms with E-state index in [-0.39, 0.29) is 17.8 Å². The molecule has 0 spiro atoms. The van der Waals surface area contributed by atoms with Crippen LogP contribution in [-0.4, -0.2) is 11.9 Å². The van der Waals surface area contributed by atoms with Gasteiger partial charge in [-0.05, 0) is 24.0 Å². The molecule has 0 aromatic heterocycles. The third-order valence-electron chi connectivity index (χ3n) is 3.55. The number of hydrogen-bond donors (Lipinski definition) is 1. The fraction of sp³-hybridized carbons (Fsp3) is 0.400. The van der Waals surface area contributed by atoms with Crippen molar-refractivity contribution in [3.63, 3.8) is 0 Å². The molecule has 0 bridgehead atoms. The third kappa shape index (κ3) is 4.82. The number of carbonyl (C=O) groups is 2. The number of esters is 1. The zero-order valence-corrected chi connectivity index (χ0v) is 14.8. The molecule has 0 aliphatic heterocycles. The number of carbonyl (C=O) groups excluding carboxylic acids is 2. The lowest BCUT2D eigenvalue weighted by molar-refractivity contribution is -0.135. The van der Waals surface area contributed by atoms with Gasteiger partial charge in [-0.25, -0.2) is 0 Å². The number of rotatable bonds is 6. The zero-order valence-electron chi connectivity index (χ0n) is 14.8. The molecule has 2 aromatic rings. The lowest BCUT2D eigenvalue weighted by atomic mass is 10.1. The van der Waals surface area contributed by atoms with Crippen molar-refractivity contribution >= 4 is 28.3 Å². The molecule has 4 nitrogen and oxygen atoms in total. The summed E-state index contributed by atoms with van der Waals surface area (Å²) in [5, 5.41) is 4.63. The molecule has 2 rings (SSSR count). The van der Waals surface area contributed by atoms with Crippen LogP contribution in [0.25, 0.3) is 10.8 Å². The molecule has 1 N–H and O–H groups in total. The maximum Gasteiger partial charge on any atom is 0.311 e. The largest absolute Gasteiger partial charge is 0.426 e. The number of ether oxygens (including phenoxy) is 1. The second-order valence-electron chi connectivity index (χ2n) is 6.88. The van der Waals surface area contributed by atoms with Crippen molar-refractivity contribution in [3.05, 3.63) is 36.4 Å². The van der Waals surface area contributed by atoms with E-state index in [4.69, 9.17) is 4.74 Å². The average molecular weight is 327 g/mol. The van der Waals surface area contributed by atoms with Crippen molar-refractivity contribution < 1.29 is 14.3 Å². The second kappa shape index (κ2) is 7.95. The van der Waals surface area contributed by atoms with Crippen molar-refractivity contribution in [2.45, 2.75) is 40.5 Å². The molecule has 0 atom stereocenters. The van der Waals surface area contributed by atoms with E-state index in [2.05, 4.69) is 5.32 Å². The van der Waals surface area contributed by atoms with E-state index >= 15 is 0 Å². The number of hydrogen-bond acceptors (Lipinski definition) is 3. The minimum absolute atomic E-state index is 0.0142. The molecular weight excluding hydrogens is 302 g/mol. The minimum Gasteiger partial charge on any atom is -0.426 e. The van der Waals surface area contributed by atoms with Crippen LogP contribution in [0.3, 0.4) is 0 Å². The highest BCUT2D eigenvalue weighted by molar-refractivity contribution is 6.04. The van der Waals surface area contributed by atoms with Gasteiger partial charge in [-0.2, -0.15) is 0 Å². The lowest BCUT2D eigenvalue weighted by Crippen LogP contribution is -2.14. The Morgan fingerprint density at radius 2 is 1.54 bits per heavy atom. The number of amides is 1. The van der Waals surface area contributed by atoms with Crippen LogP contribution in [0.15, 0.2) is 36.4 Å². The summed E-state index contributed by atoms with van der Waals surface area (Å²) < 4.78 is 5.51. The predicted molar refractivity (Wildman–Crippen MR) is 97.1 cm³/mol. The van der Waals surface area contributed by atoms with E-state index in [1.807, 2.05) is 52.0 Å². The van der Waals surface area contributed by atoms with Gasteiger partial charge in [0.05, 0.1) is 0 Å². The monoisotopic (exact) mass is 327 g/mol. The van der Waals surface area contributed by atoms with E-state index in [0.29, 0.717) is 24.5 Å². The molecule has 0 radical (unpaired) electrons. The molecule has 2 aromatic carbocycles. The first-order valence-electron chi connectivity index (χ1n) is 8.39. The van der Waals surface area contributed by atoms with Crippen molar-refractivity contribution in [1.82, 2.24) is 0 Å². The van der Waals surface area contributed by atoms with Crippen LogP contribution >= 0.6 is 0 Å². The van der Waals surface area contributed by atoms with Crippen LogP contribution in [0.1, 0.15) is 40.5 Å². The average Bonchev–Trinajstić information content (AvgIpc) is 2.48. The molecule has 0 saturated heterocycles. The Hall–Kier alpha value is -2.36. The van der Waals surface area contributed by atoms with Gasteiger partial charge in [0.25, 0.3) is 0 Å². The summed E-state index contributed by atoms with van der Waals surface area (Å²) >= 11 is 0. The molecule has 0 aliphatic rings. The van der Waals surface area contributed by atoms with Crippen molar-refractivity contribution in [2.75, 3.05) is 5.32 Å². The molecule has 0 fully saturated rings. The van der Waals surface area contributed by atoms with Gasteiger partial charge in [0.15, 0.2) is 0 Å². The number of anilines is 1. The quantitative estimate of drug-likeness (QED) is 0.614. The summed E-state index contributed by atoms with van der Waals surface area (Å²) in [4.78, 5) is 24.0. The van der Waals surface area contributed by atoms with E-state index < -0.39 is 0 Å². The summed E-state index contributed by atoms with van der Waals surface area (Å²) in [6, 6.07) is 11.1. The standard InChI is InChI=1S/C20H25NO3/c1-13(2)11-19(22)21-17-9-10-18(24-20(23)12-14(3)4)16-8-6-5-7-15(16)17/h5-10,13-14H,11-12H2,1-4H3,(H,21,22). The van der Waals surface area contributed by atoms with Gasteiger partial charge in [0.1, 0.15) is 5.75 Å². The Morgan fingerprint density at radius 1 is 0.917 bits per heavy atom. The second-order valence-corrected chi connectivity index (χ2v) is 6.88. The van der Waals surface area contributed by atoms with Gasteiger partial charge < -0.3 is 10.1 Å². The summed E-state index contributed by atoms with van der Waals surface area (Å²) in [7, 11) is 0. The number of fused-ring (bicyclic) bond motifs is 1. The first kappa shape index (κ1) is 18.0. The maximum absolute atomic E-state index is 12.1. The fourth-order valence-electron chi connectivity index (χ4n) is 2.54. The van der Waals surface area contributed by atoms with E-state index in [9.17, 15) is 9.59 Å². The predicted octanol–water partition coefficient (Wildman–Crippen LogP) is 4.78. The summed E-state index contributed by atoms with van der Waals surface area (Å²) in [6.07, 6.45) is 0.848. The van der Waals surface area contributed by atoms with Crippen LogP contribution in [0.2, 0.25) is 0 Å². The molecule has 1 amide bonds. The number of benzene rings is 2. The third-order valence-corrected chi connectivity index (χ3v) is 3.55. The molecular formula is C20H25NO3. The SMILES string of the molecule is CC(C)CC(=O)Nc1ccc(OC(=O)CC(C)C)c2ccccc12. The van der Waals surface area contributed by atoms with Crippen LogP contribution in [0, 0.1) is 11.8 Å². The first-order valence-corrected chi connectivity index (χ1v) is 8.39. The smallest absolute Gasteiger partial charge is 0.311 e. The molecule has 128 valence electrons. The Kier molecular flexibility index (Phi) is 5.96. The van der Waals surface area contributed by atoms with Gasteiger partial charge in [-0.1, -0.05) is 52.0 Å². The van der Waals surface area contributed by atoms with Crippen LogP contribution < -0.4 is 10.1 Å². The summed E-state index contributed by atoms with van der Waals surface area (Å²) in [5.41, 5.74) is 0.736. The van der Waals surface area contributed by atoms with Crippen LogP contribution in [0.5, 0.6) is 5.75 Å². The van der Waals surface area contributed by atoms with Crippen molar-refractivity contribution in [1.29, 1.82) is 0 Å².